The summed E-state index contributed by atoms with van der Waals surface area (Å²) in [4.78, 5) is 5.01. The molecule has 5 nitrogen and oxygen atoms in total. The summed E-state index contributed by atoms with van der Waals surface area (Å²) in [5.74, 6) is 0.861. The summed E-state index contributed by atoms with van der Waals surface area (Å²) in [7, 11) is 1.57. The highest BCUT2D eigenvalue weighted by Gasteiger charge is 2.16. The summed E-state index contributed by atoms with van der Waals surface area (Å²) in [5, 5.41) is 3.79. The highest BCUT2D eigenvalue weighted by molar-refractivity contribution is 7.19. The highest BCUT2D eigenvalue weighted by atomic mass is 35.5. The number of rotatable bonds is 4. The second-order valence-corrected chi connectivity index (χ2v) is 4.84. The Morgan fingerprint density at radius 1 is 1.62 bits per heavy atom. The van der Waals surface area contributed by atoms with E-state index in [1.54, 1.807) is 13.2 Å². The molecule has 0 aliphatic rings. The Morgan fingerprint density at radius 3 is 3.06 bits per heavy atom. The molecule has 0 fully saturated rings. The number of nitrogens with zero attached hydrogens (tertiary/aromatic N) is 2. The van der Waals surface area contributed by atoms with E-state index in [-0.39, 0.29) is 6.04 Å². The molecule has 7 heteroatoms. The fraction of sp³-hybridized carbons (Fsp3) is 0.333. The molecule has 16 heavy (non-hydrogen) atoms. The number of ether oxygens (including phenoxy) is 1. The van der Waals surface area contributed by atoms with E-state index in [4.69, 9.17) is 26.6 Å². The molecule has 0 radical (unpaired) electrons. The van der Waals surface area contributed by atoms with Crippen LogP contribution in [0.5, 0.6) is 0 Å². The molecule has 0 saturated heterocycles. The van der Waals surface area contributed by atoms with Crippen molar-refractivity contribution in [2.45, 2.75) is 6.04 Å². The van der Waals surface area contributed by atoms with Gasteiger partial charge in [-0.1, -0.05) is 16.8 Å². The summed E-state index contributed by atoms with van der Waals surface area (Å²) in [5.41, 5.74) is 5.77. The second kappa shape index (κ2) is 4.92. The molecular formula is C9H10ClN3O2S. The third-order valence-electron chi connectivity index (χ3n) is 1.90. The van der Waals surface area contributed by atoms with E-state index in [0.29, 0.717) is 22.7 Å². The Morgan fingerprint density at radius 2 is 2.44 bits per heavy atom. The van der Waals surface area contributed by atoms with E-state index < -0.39 is 0 Å². The van der Waals surface area contributed by atoms with Crippen LogP contribution in [0.2, 0.25) is 4.34 Å². The Hall–Kier alpha value is -0.950. The first kappa shape index (κ1) is 11.5. The van der Waals surface area contributed by atoms with Crippen LogP contribution < -0.4 is 5.73 Å². The van der Waals surface area contributed by atoms with E-state index in [2.05, 4.69) is 10.1 Å². The van der Waals surface area contributed by atoms with Gasteiger partial charge in [-0.25, -0.2) is 0 Å². The average Bonchev–Trinajstić information content (AvgIpc) is 2.85. The van der Waals surface area contributed by atoms with Crippen molar-refractivity contribution in [3.63, 3.8) is 0 Å². The maximum atomic E-state index is 5.81. The van der Waals surface area contributed by atoms with Gasteiger partial charge in [0.05, 0.1) is 21.9 Å². The predicted octanol–water partition coefficient (Wildman–Crippen LogP) is 2.10. The first-order valence-electron chi connectivity index (χ1n) is 4.54. The topological polar surface area (TPSA) is 74.2 Å². The van der Waals surface area contributed by atoms with Crippen LogP contribution in [-0.4, -0.2) is 23.9 Å². The van der Waals surface area contributed by atoms with E-state index in [9.17, 15) is 0 Å². The normalized spacial score (nSPS) is 12.9. The molecular weight excluding hydrogens is 250 g/mol. The van der Waals surface area contributed by atoms with Crippen molar-refractivity contribution in [2.24, 2.45) is 5.73 Å². The zero-order chi connectivity index (χ0) is 11.5. The molecule has 0 saturated carbocycles. The molecule has 1 unspecified atom stereocenters. The molecule has 2 aromatic rings. The number of hydrogen-bond donors (Lipinski definition) is 1. The van der Waals surface area contributed by atoms with Gasteiger partial charge in [0.15, 0.2) is 5.82 Å². The lowest BCUT2D eigenvalue weighted by Gasteiger charge is -2.02. The van der Waals surface area contributed by atoms with Crippen LogP contribution in [0.25, 0.3) is 10.8 Å². The van der Waals surface area contributed by atoms with Crippen LogP contribution in [-0.2, 0) is 4.74 Å². The van der Waals surface area contributed by atoms with E-state index >= 15 is 0 Å². The number of nitrogens with two attached hydrogens (primary N) is 1. The highest BCUT2D eigenvalue weighted by Crippen LogP contribution is 2.30. The summed E-state index contributed by atoms with van der Waals surface area (Å²) in [6.07, 6.45) is 0. The fourth-order valence-corrected chi connectivity index (χ4v) is 2.13. The van der Waals surface area contributed by atoms with Crippen LogP contribution in [0.1, 0.15) is 11.9 Å². The first-order valence-corrected chi connectivity index (χ1v) is 5.74. The summed E-state index contributed by atoms with van der Waals surface area (Å²) < 4.78 is 10.7. The minimum absolute atomic E-state index is 0.351. The number of aromatic nitrogens is 2. The molecule has 0 aromatic carbocycles. The lowest BCUT2D eigenvalue weighted by Crippen LogP contribution is -2.17. The van der Waals surface area contributed by atoms with Gasteiger partial charge in [-0.05, 0) is 12.1 Å². The molecule has 2 aromatic heterocycles. The van der Waals surface area contributed by atoms with Crippen molar-refractivity contribution < 1.29 is 9.26 Å². The molecule has 0 bridgehead atoms. The lowest BCUT2D eigenvalue weighted by molar-refractivity contribution is 0.177. The van der Waals surface area contributed by atoms with Crippen molar-refractivity contribution >= 4 is 22.9 Å². The van der Waals surface area contributed by atoms with Gasteiger partial charge in [0.2, 0.25) is 0 Å². The van der Waals surface area contributed by atoms with Gasteiger partial charge >= 0.3 is 0 Å². The quantitative estimate of drug-likeness (QED) is 0.910. The maximum absolute atomic E-state index is 5.81. The lowest BCUT2D eigenvalue weighted by atomic mass is 10.3. The molecule has 0 aliphatic heterocycles. The third kappa shape index (κ3) is 2.41. The van der Waals surface area contributed by atoms with E-state index in [0.717, 1.165) is 4.88 Å². The standard InChI is InChI=1S/C9H10ClN3O2S/c1-14-4-5(11)8-12-9(15-13-8)6-2-3-7(10)16-6/h2-3,5H,4,11H2,1H3. The van der Waals surface area contributed by atoms with Crippen LogP contribution in [0.3, 0.4) is 0 Å². The van der Waals surface area contributed by atoms with Crippen LogP contribution >= 0.6 is 22.9 Å². The molecule has 2 N–H and O–H groups in total. The smallest absolute Gasteiger partial charge is 0.268 e. The van der Waals surface area contributed by atoms with Crippen molar-refractivity contribution in [1.82, 2.24) is 10.1 Å². The summed E-state index contributed by atoms with van der Waals surface area (Å²) in [6, 6.07) is 3.23. The van der Waals surface area contributed by atoms with Gasteiger partial charge in [0.25, 0.3) is 5.89 Å². The van der Waals surface area contributed by atoms with Gasteiger partial charge in [0, 0.05) is 7.11 Å². The SMILES string of the molecule is COCC(N)c1noc(-c2ccc(Cl)s2)n1. The van der Waals surface area contributed by atoms with E-state index in [1.807, 2.05) is 6.07 Å². The minimum atomic E-state index is -0.377. The molecule has 2 rings (SSSR count). The second-order valence-electron chi connectivity index (χ2n) is 3.12. The van der Waals surface area contributed by atoms with Crippen molar-refractivity contribution in [3.05, 3.63) is 22.3 Å². The minimum Gasteiger partial charge on any atom is -0.383 e. The predicted molar refractivity (Wildman–Crippen MR) is 61.4 cm³/mol. The zero-order valence-electron chi connectivity index (χ0n) is 8.51. The Bertz CT molecular complexity index is 471. The van der Waals surface area contributed by atoms with E-state index in [1.165, 1.54) is 11.3 Å². The van der Waals surface area contributed by atoms with Crippen LogP contribution in [0, 0.1) is 0 Å². The van der Waals surface area contributed by atoms with Gasteiger partial charge in [0.1, 0.15) is 0 Å². The number of halogens is 1. The summed E-state index contributed by atoms with van der Waals surface area (Å²) >= 11 is 7.19. The first-order chi connectivity index (χ1) is 7.70. The van der Waals surface area contributed by atoms with Crippen LogP contribution in [0.4, 0.5) is 0 Å². The Labute approximate surface area is 101 Å². The fourth-order valence-electron chi connectivity index (χ4n) is 1.17. The van der Waals surface area contributed by atoms with Crippen LogP contribution in [0.15, 0.2) is 16.7 Å². The molecule has 1 atom stereocenters. The van der Waals surface area contributed by atoms with Gasteiger partial charge in [-0.2, -0.15) is 4.98 Å². The molecule has 0 spiro atoms. The van der Waals surface area contributed by atoms with Gasteiger partial charge in [-0.15, -0.1) is 11.3 Å². The van der Waals surface area contributed by atoms with Crippen molar-refractivity contribution in [2.75, 3.05) is 13.7 Å². The number of methoxy groups -OCH3 is 1. The number of thiophene rings is 1. The molecule has 86 valence electrons. The zero-order valence-corrected chi connectivity index (χ0v) is 10.1. The van der Waals surface area contributed by atoms with Gasteiger partial charge in [-0.3, -0.25) is 0 Å². The third-order valence-corrected chi connectivity index (χ3v) is 3.12. The molecule has 2 heterocycles. The van der Waals surface area contributed by atoms with Gasteiger partial charge < -0.3 is 15.0 Å². The Kier molecular flexibility index (Phi) is 3.55. The molecule has 0 aliphatic carbocycles. The van der Waals surface area contributed by atoms with Crippen molar-refractivity contribution in [3.8, 4) is 10.8 Å². The monoisotopic (exact) mass is 259 g/mol. The Balaban J connectivity index is 2.19. The average molecular weight is 260 g/mol. The molecule has 0 amide bonds. The van der Waals surface area contributed by atoms with Crippen molar-refractivity contribution in [1.29, 1.82) is 0 Å². The number of hydrogen-bond acceptors (Lipinski definition) is 6. The summed E-state index contributed by atoms with van der Waals surface area (Å²) in [6.45, 7) is 0.351. The largest absolute Gasteiger partial charge is 0.383 e. The maximum Gasteiger partial charge on any atom is 0.268 e.